The first kappa shape index (κ1) is 32.2. The number of hydrogen-bond donors (Lipinski definition) is 4. The Balaban J connectivity index is -0.000000860. The van der Waals surface area contributed by atoms with Crippen LogP contribution in [0.2, 0.25) is 0 Å². The average Bonchev–Trinajstić information content (AvgIpc) is 2.62. The zero-order valence-corrected chi connectivity index (χ0v) is 18.7. The van der Waals surface area contributed by atoms with Gasteiger partial charge in [0, 0.05) is 6.42 Å². The molecule has 0 aliphatic heterocycles. The Morgan fingerprint density at radius 1 is 0.966 bits per heavy atom. The predicted molar refractivity (Wildman–Crippen MR) is 118 cm³/mol. The largest absolute Gasteiger partial charge is 0.394 e. The van der Waals surface area contributed by atoms with E-state index in [-0.39, 0.29) is 12.3 Å². The molecule has 0 atom stereocenters. The standard InChI is InChI=1S/C20H32O2.2H3N.H2O4S/c1-3-5-6-7-8-9-13-16-20(4-2)22-21-18-17-19-14-11-10-12-15-19;;;1-5(2,3)4/h4,10-12,14-15H,3,5-9,13,16-18H2,1-2H3;2*1H3;(H2,1,2,3,4). The number of unbranched alkanes of at least 4 members (excludes halogenated alkanes) is 6. The van der Waals surface area contributed by atoms with Crippen molar-refractivity contribution in [2.45, 2.75) is 71.6 Å². The van der Waals surface area contributed by atoms with E-state index in [1.54, 1.807) is 0 Å². The van der Waals surface area contributed by atoms with Crippen LogP contribution in [0.1, 0.15) is 70.8 Å². The molecule has 172 valence electrons. The summed E-state index contributed by atoms with van der Waals surface area (Å²) >= 11 is 0. The number of hydrogen-bond acceptors (Lipinski definition) is 6. The molecule has 8 N–H and O–H groups in total. The molecule has 0 amide bonds. The lowest BCUT2D eigenvalue weighted by molar-refractivity contribution is -0.263. The van der Waals surface area contributed by atoms with E-state index in [9.17, 15) is 0 Å². The summed E-state index contributed by atoms with van der Waals surface area (Å²) in [5.74, 6) is 0.960. The zero-order chi connectivity index (χ0) is 20.4. The van der Waals surface area contributed by atoms with Gasteiger partial charge in [-0.1, -0.05) is 75.8 Å². The van der Waals surface area contributed by atoms with Crippen molar-refractivity contribution in [3.8, 4) is 0 Å². The third-order valence-electron chi connectivity index (χ3n) is 3.83. The van der Waals surface area contributed by atoms with Gasteiger partial charge in [-0.15, -0.1) is 0 Å². The highest BCUT2D eigenvalue weighted by Gasteiger charge is 2.00. The second-order valence-corrected chi connectivity index (χ2v) is 7.11. The summed E-state index contributed by atoms with van der Waals surface area (Å²) in [6, 6.07) is 10.3. The van der Waals surface area contributed by atoms with Crippen LogP contribution in [0.15, 0.2) is 42.2 Å². The third-order valence-corrected chi connectivity index (χ3v) is 3.83. The Bertz CT molecular complexity index is 586. The van der Waals surface area contributed by atoms with Crippen LogP contribution < -0.4 is 12.3 Å². The van der Waals surface area contributed by atoms with E-state index < -0.39 is 10.4 Å². The van der Waals surface area contributed by atoms with Crippen molar-refractivity contribution >= 4 is 10.4 Å². The van der Waals surface area contributed by atoms with Crippen molar-refractivity contribution in [2.75, 3.05) is 6.61 Å². The monoisotopic (exact) mass is 436 g/mol. The summed E-state index contributed by atoms with van der Waals surface area (Å²) in [4.78, 5) is 10.8. The number of benzene rings is 1. The molecule has 0 saturated heterocycles. The molecular formula is C20H40N2O6S. The van der Waals surface area contributed by atoms with Crippen molar-refractivity contribution in [1.29, 1.82) is 0 Å². The topological polar surface area (TPSA) is 163 Å². The molecule has 0 bridgehead atoms. The first-order chi connectivity index (χ1) is 12.9. The zero-order valence-electron chi connectivity index (χ0n) is 17.9. The van der Waals surface area contributed by atoms with E-state index in [1.165, 1.54) is 50.5 Å². The Morgan fingerprint density at radius 3 is 2.00 bits per heavy atom. The van der Waals surface area contributed by atoms with Gasteiger partial charge in [0.05, 0.1) is 6.61 Å². The summed E-state index contributed by atoms with van der Waals surface area (Å²) < 4.78 is 31.6. The molecule has 0 aromatic heterocycles. The van der Waals surface area contributed by atoms with Crippen molar-refractivity contribution in [3.63, 3.8) is 0 Å². The van der Waals surface area contributed by atoms with Crippen LogP contribution >= 0.6 is 0 Å². The van der Waals surface area contributed by atoms with Crippen molar-refractivity contribution in [2.24, 2.45) is 0 Å². The van der Waals surface area contributed by atoms with E-state index >= 15 is 0 Å². The first-order valence-electron chi connectivity index (χ1n) is 9.55. The lowest BCUT2D eigenvalue weighted by atomic mass is 10.1. The van der Waals surface area contributed by atoms with Gasteiger partial charge in [0.15, 0.2) is 0 Å². The Hall–Kier alpha value is -1.49. The maximum Gasteiger partial charge on any atom is 0.394 e. The molecule has 0 saturated carbocycles. The Kier molecular flexibility index (Phi) is 23.6. The van der Waals surface area contributed by atoms with E-state index in [0.717, 1.165) is 18.6 Å². The minimum absolute atomic E-state index is 0. The highest BCUT2D eigenvalue weighted by molar-refractivity contribution is 7.79. The normalized spacial score (nSPS) is 10.8. The summed E-state index contributed by atoms with van der Waals surface area (Å²) in [5, 5.41) is 0. The fourth-order valence-corrected chi connectivity index (χ4v) is 2.41. The van der Waals surface area contributed by atoms with Gasteiger partial charge < -0.3 is 17.2 Å². The third kappa shape index (κ3) is 26.5. The van der Waals surface area contributed by atoms with Crippen LogP contribution in [0.3, 0.4) is 0 Å². The van der Waals surface area contributed by atoms with E-state index in [0.29, 0.717) is 6.61 Å². The summed E-state index contributed by atoms with van der Waals surface area (Å²) in [5.41, 5.74) is 1.28. The van der Waals surface area contributed by atoms with Gasteiger partial charge in [-0.25, -0.2) is 0 Å². The maximum atomic E-state index is 8.74. The molecule has 0 radical (unpaired) electrons. The molecule has 1 aromatic rings. The summed E-state index contributed by atoms with van der Waals surface area (Å²) in [7, 11) is -4.67. The van der Waals surface area contributed by atoms with Gasteiger partial charge in [-0.05, 0) is 31.4 Å². The molecular weight excluding hydrogens is 396 g/mol. The summed E-state index contributed by atoms with van der Waals surface area (Å²) in [6.07, 6.45) is 13.1. The molecule has 0 fully saturated rings. The van der Waals surface area contributed by atoms with Crippen molar-refractivity contribution in [3.05, 3.63) is 47.7 Å². The van der Waals surface area contributed by atoms with Gasteiger partial charge in [-0.3, -0.25) is 9.11 Å². The van der Waals surface area contributed by atoms with Crippen LogP contribution in [-0.2, 0) is 26.6 Å². The molecule has 0 heterocycles. The minimum atomic E-state index is -4.67. The number of allylic oxidation sites excluding steroid dienone is 2. The van der Waals surface area contributed by atoms with Crippen LogP contribution in [-0.4, -0.2) is 24.1 Å². The molecule has 8 nitrogen and oxygen atoms in total. The number of rotatable bonds is 13. The second-order valence-electron chi connectivity index (χ2n) is 6.22. The molecule has 0 aliphatic carbocycles. The Labute approximate surface area is 176 Å². The van der Waals surface area contributed by atoms with Crippen molar-refractivity contribution in [1.82, 2.24) is 12.3 Å². The lowest BCUT2D eigenvalue weighted by Gasteiger charge is -2.09. The summed E-state index contributed by atoms with van der Waals surface area (Å²) in [6.45, 7) is 4.86. The maximum absolute atomic E-state index is 8.74. The molecule has 1 rings (SSSR count). The molecule has 1 aromatic carbocycles. The van der Waals surface area contributed by atoms with E-state index in [1.807, 2.05) is 31.2 Å². The first-order valence-corrected chi connectivity index (χ1v) is 10.9. The van der Waals surface area contributed by atoms with Crippen LogP contribution in [0, 0.1) is 0 Å². The molecule has 0 aliphatic rings. The fraction of sp³-hybridized carbons (Fsp3) is 0.600. The van der Waals surface area contributed by atoms with Gasteiger partial charge in [0.25, 0.3) is 0 Å². The van der Waals surface area contributed by atoms with Gasteiger partial charge >= 0.3 is 10.4 Å². The molecule has 9 heteroatoms. The van der Waals surface area contributed by atoms with E-state index in [2.05, 4.69) is 19.1 Å². The van der Waals surface area contributed by atoms with Gasteiger partial charge in [0.1, 0.15) is 5.76 Å². The SMILES string of the molecule is CC=C(CCCCCCCCC)OOCCc1ccccc1.N.N.O=S(=O)(O)O. The van der Waals surface area contributed by atoms with Gasteiger partial charge in [-0.2, -0.15) is 13.3 Å². The Morgan fingerprint density at radius 2 is 1.48 bits per heavy atom. The van der Waals surface area contributed by atoms with Crippen molar-refractivity contribution < 1.29 is 27.3 Å². The van der Waals surface area contributed by atoms with Crippen LogP contribution in [0.25, 0.3) is 0 Å². The lowest BCUT2D eigenvalue weighted by Crippen LogP contribution is -2.00. The van der Waals surface area contributed by atoms with Crippen LogP contribution in [0.5, 0.6) is 0 Å². The van der Waals surface area contributed by atoms with Crippen LogP contribution in [0.4, 0.5) is 0 Å². The van der Waals surface area contributed by atoms with E-state index in [4.69, 9.17) is 27.3 Å². The molecule has 0 unspecified atom stereocenters. The molecule has 0 spiro atoms. The predicted octanol–water partition coefficient (Wildman–Crippen LogP) is 5.89. The average molecular weight is 437 g/mol. The smallest absolute Gasteiger partial charge is 0.344 e. The second kappa shape index (κ2) is 21.2. The highest BCUT2D eigenvalue weighted by Crippen LogP contribution is 2.13. The quantitative estimate of drug-likeness (QED) is 0.0976. The van der Waals surface area contributed by atoms with Gasteiger partial charge in [0.2, 0.25) is 0 Å². The highest BCUT2D eigenvalue weighted by atomic mass is 32.3. The minimum Gasteiger partial charge on any atom is -0.344 e. The fourth-order valence-electron chi connectivity index (χ4n) is 2.41. The molecule has 29 heavy (non-hydrogen) atoms.